The number of carbonyl (C=O) groups is 1. The van der Waals surface area contributed by atoms with Gasteiger partial charge in [0.2, 0.25) is 0 Å². The summed E-state index contributed by atoms with van der Waals surface area (Å²) in [5.74, 6) is -0.397. The predicted octanol–water partition coefficient (Wildman–Crippen LogP) is 4.99. The molecule has 27 heavy (non-hydrogen) atoms. The molecular formula is C20H12ClFN2O3. The number of phenolic OH excluding ortho intramolecular Hbond substituents is 1. The molecule has 0 unspecified atom stereocenters. The second-order valence-corrected chi connectivity index (χ2v) is 5.91. The van der Waals surface area contributed by atoms with E-state index in [0.717, 1.165) is 0 Å². The summed E-state index contributed by atoms with van der Waals surface area (Å²) in [6.45, 7) is 0. The van der Waals surface area contributed by atoms with E-state index in [2.05, 4.69) is 5.32 Å². The number of furan rings is 1. The van der Waals surface area contributed by atoms with Gasteiger partial charge < -0.3 is 14.8 Å². The molecule has 0 aliphatic rings. The normalized spacial score (nSPS) is 11.1. The Morgan fingerprint density at radius 3 is 2.59 bits per heavy atom. The van der Waals surface area contributed by atoms with Crippen LogP contribution in [0.5, 0.6) is 5.75 Å². The fraction of sp³-hybridized carbons (Fsp3) is 0. The van der Waals surface area contributed by atoms with Crippen molar-refractivity contribution in [3.63, 3.8) is 0 Å². The molecule has 0 spiro atoms. The van der Waals surface area contributed by atoms with Crippen LogP contribution in [0.1, 0.15) is 5.76 Å². The Bertz CT molecular complexity index is 1070. The minimum Gasteiger partial charge on any atom is -0.508 e. The van der Waals surface area contributed by atoms with Gasteiger partial charge in [-0.2, -0.15) is 5.26 Å². The number of hydrogen-bond donors (Lipinski definition) is 2. The average molecular weight is 383 g/mol. The van der Waals surface area contributed by atoms with Gasteiger partial charge in [-0.05, 0) is 54.6 Å². The van der Waals surface area contributed by atoms with Gasteiger partial charge in [-0.3, -0.25) is 4.79 Å². The van der Waals surface area contributed by atoms with Gasteiger partial charge in [0.15, 0.2) is 0 Å². The molecule has 0 fully saturated rings. The highest BCUT2D eigenvalue weighted by molar-refractivity contribution is 6.31. The first-order chi connectivity index (χ1) is 13.0. The summed E-state index contributed by atoms with van der Waals surface area (Å²) in [5.41, 5.74) is 0.828. The van der Waals surface area contributed by atoms with Crippen molar-refractivity contribution in [1.29, 1.82) is 5.26 Å². The molecule has 7 heteroatoms. The van der Waals surface area contributed by atoms with E-state index in [4.69, 9.17) is 16.0 Å². The number of nitrogens with zero attached hydrogens (tertiary/aromatic N) is 1. The maximum atomic E-state index is 13.3. The molecule has 0 saturated heterocycles. The number of nitrogens with one attached hydrogen (secondary N) is 1. The van der Waals surface area contributed by atoms with Crippen LogP contribution in [0.3, 0.4) is 0 Å². The number of rotatable bonds is 4. The molecule has 3 aromatic rings. The molecule has 0 aliphatic heterocycles. The highest BCUT2D eigenvalue weighted by atomic mass is 35.5. The zero-order valence-corrected chi connectivity index (χ0v) is 14.5. The Balaban J connectivity index is 1.80. The van der Waals surface area contributed by atoms with Crippen molar-refractivity contribution >= 4 is 29.3 Å². The van der Waals surface area contributed by atoms with Gasteiger partial charge in [0.1, 0.15) is 34.7 Å². The minimum atomic E-state index is -0.619. The van der Waals surface area contributed by atoms with Gasteiger partial charge in [0.05, 0.1) is 5.02 Å². The van der Waals surface area contributed by atoms with Crippen LogP contribution in [0.2, 0.25) is 5.02 Å². The molecule has 134 valence electrons. The largest absolute Gasteiger partial charge is 0.508 e. The number of anilines is 1. The third-order valence-electron chi connectivity index (χ3n) is 3.61. The van der Waals surface area contributed by atoms with E-state index in [1.807, 2.05) is 6.07 Å². The lowest BCUT2D eigenvalue weighted by molar-refractivity contribution is -0.112. The second kappa shape index (κ2) is 7.77. The van der Waals surface area contributed by atoms with E-state index in [0.29, 0.717) is 17.0 Å². The van der Waals surface area contributed by atoms with E-state index in [1.54, 1.807) is 12.1 Å². The molecule has 0 atom stereocenters. The fourth-order valence-electron chi connectivity index (χ4n) is 2.27. The molecule has 0 bridgehead atoms. The van der Waals surface area contributed by atoms with Gasteiger partial charge in [-0.25, -0.2) is 4.39 Å². The SMILES string of the molecule is N#C/C(=C\c1ccc(-c2ccc(F)c(Cl)c2)o1)C(=O)Nc1ccc(O)cc1. The second-order valence-electron chi connectivity index (χ2n) is 5.50. The summed E-state index contributed by atoms with van der Waals surface area (Å²) in [6, 6.07) is 15.0. The van der Waals surface area contributed by atoms with Crippen molar-refractivity contribution in [2.75, 3.05) is 5.32 Å². The number of nitriles is 1. The molecule has 1 amide bonds. The van der Waals surface area contributed by atoms with Crippen LogP contribution in [0, 0.1) is 17.1 Å². The smallest absolute Gasteiger partial charge is 0.266 e. The van der Waals surface area contributed by atoms with E-state index in [9.17, 15) is 19.6 Å². The fourth-order valence-corrected chi connectivity index (χ4v) is 2.45. The molecule has 2 aromatic carbocycles. The number of amides is 1. The van der Waals surface area contributed by atoms with Crippen molar-refractivity contribution < 1.29 is 18.7 Å². The lowest BCUT2D eigenvalue weighted by Crippen LogP contribution is -2.13. The molecule has 1 aromatic heterocycles. The molecule has 5 nitrogen and oxygen atoms in total. The first-order valence-electron chi connectivity index (χ1n) is 7.73. The monoisotopic (exact) mass is 382 g/mol. The quantitative estimate of drug-likeness (QED) is 0.378. The summed E-state index contributed by atoms with van der Waals surface area (Å²) >= 11 is 5.77. The molecule has 2 N–H and O–H groups in total. The van der Waals surface area contributed by atoms with Crippen molar-refractivity contribution in [1.82, 2.24) is 0 Å². The van der Waals surface area contributed by atoms with Gasteiger partial charge >= 0.3 is 0 Å². The van der Waals surface area contributed by atoms with Crippen molar-refractivity contribution in [2.24, 2.45) is 0 Å². The highest BCUT2D eigenvalue weighted by Gasteiger charge is 2.12. The molecular weight excluding hydrogens is 371 g/mol. The zero-order chi connectivity index (χ0) is 19.4. The standard InChI is InChI=1S/C20H12ClFN2O3/c21-17-10-12(1-7-18(17)22)19-8-6-16(27-19)9-13(11-23)20(26)24-14-2-4-15(25)5-3-14/h1-10,25H,(H,24,26)/b13-9+. The van der Waals surface area contributed by atoms with E-state index < -0.39 is 11.7 Å². The first kappa shape index (κ1) is 18.2. The third-order valence-corrected chi connectivity index (χ3v) is 3.90. The summed E-state index contributed by atoms with van der Waals surface area (Å²) in [4.78, 5) is 12.2. The molecule has 3 rings (SSSR count). The molecule has 0 saturated carbocycles. The number of hydrogen-bond acceptors (Lipinski definition) is 4. The summed E-state index contributed by atoms with van der Waals surface area (Å²) in [6.07, 6.45) is 1.30. The van der Waals surface area contributed by atoms with Gasteiger partial charge in [-0.1, -0.05) is 11.6 Å². The Labute approximate surface area is 158 Å². The van der Waals surface area contributed by atoms with Gasteiger partial charge in [0, 0.05) is 17.3 Å². The number of aromatic hydroxyl groups is 1. The Hall–Kier alpha value is -3.56. The highest BCUT2D eigenvalue weighted by Crippen LogP contribution is 2.27. The number of phenols is 1. The number of carbonyl (C=O) groups excluding carboxylic acids is 1. The zero-order valence-electron chi connectivity index (χ0n) is 13.7. The predicted molar refractivity (Wildman–Crippen MR) is 99.4 cm³/mol. The van der Waals surface area contributed by atoms with Crippen LogP contribution in [-0.4, -0.2) is 11.0 Å². The van der Waals surface area contributed by atoms with E-state index in [1.165, 1.54) is 48.5 Å². The van der Waals surface area contributed by atoms with Crippen molar-refractivity contribution in [3.05, 3.63) is 76.8 Å². The lowest BCUT2D eigenvalue weighted by Gasteiger charge is -2.03. The topological polar surface area (TPSA) is 86.3 Å². The summed E-state index contributed by atoms with van der Waals surface area (Å²) in [7, 11) is 0. The van der Waals surface area contributed by atoms with Crippen LogP contribution in [-0.2, 0) is 4.79 Å². The molecule has 0 aliphatic carbocycles. The van der Waals surface area contributed by atoms with E-state index >= 15 is 0 Å². The molecule has 0 radical (unpaired) electrons. The summed E-state index contributed by atoms with van der Waals surface area (Å²) < 4.78 is 18.9. The summed E-state index contributed by atoms with van der Waals surface area (Å²) in [5, 5.41) is 21.0. The van der Waals surface area contributed by atoms with Crippen LogP contribution >= 0.6 is 11.6 Å². The van der Waals surface area contributed by atoms with Crippen LogP contribution in [0.25, 0.3) is 17.4 Å². The first-order valence-corrected chi connectivity index (χ1v) is 8.11. The van der Waals surface area contributed by atoms with Crippen molar-refractivity contribution in [2.45, 2.75) is 0 Å². The van der Waals surface area contributed by atoms with Gasteiger partial charge in [-0.15, -0.1) is 0 Å². The lowest BCUT2D eigenvalue weighted by atomic mass is 10.2. The number of benzene rings is 2. The van der Waals surface area contributed by atoms with Crippen LogP contribution in [0.15, 0.2) is 64.6 Å². The maximum absolute atomic E-state index is 13.3. The minimum absolute atomic E-state index is 0.0352. The maximum Gasteiger partial charge on any atom is 0.266 e. The van der Waals surface area contributed by atoms with Crippen LogP contribution < -0.4 is 5.32 Å². The molecule has 1 heterocycles. The Morgan fingerprint density at radius 1 is 1.19 bits per heavy atom. The van der Waals surface area contributed by atoms with Crippen molar-refractivity contribution in [3.8, 4) is 23.1 Å². The van der Waals surface area contributed by atoms with Gasteiger partial charge in [0.25, 0.3) is 5.91 Å². The van der Waals surface area contributed by atoms with E-state index in [-0.39, 0.29) is 22.1 Å². The third kappa shape index (κ3) is 4.35. The van der Waals surface area contributed by atoms with Crippen LogP contribution in [0.4, 0.5) is 10.1 Å². The Morgan fingerprint density at radius 2 is 1.93 bits per heavy atom. The number of halogens is 2. The Kier molecular flexibility index (Phi) is 5.25. The average Bonchev–Trinajstić information content (AvgIpc) is 3.12.